The Kier molecular flexibility index (Phi) is 9.82. The van der Waals surface area contributed by atoms with Crippen molar-refractivity contribution < 1.29 is 0 Å². The molecule has 0 saturated carbocycles. The molecule has 0 aliphatic heterocycles. The number of hydrogen-bond donors (Lipinski definition) is 0. The molecule has 0 spiro atoms. The number of nitrogens with zero attached hydrogens (tertiary/aromatic N) is 1. The van der Waals surface area contributed by atoms with Crippen LogP contribution in [0.15, 0.2) is 285 Å². The zero-order valence-electron chi connectivity index (χ0n) is 39.6. The van der Waals surface area contributed by atoms with E-state index >= 15 is 0 Å². The van der Waals surface area contributed by atoms with Crippen LogP contribution < -0.4 is 4.90 Å². The fraction of sp³-hybridized carbons (Fsp3) is 0.0141. The lowest BCUT2D eigenvalue weighted by Crippen LogP contribution is -2.28. The van der Waals surface area contributed by atoms with E-state index in [1.54, 1.807) is 0 Å². The molecule has 0 atom stereocenters. The van der Waals surface area contributed by atoms with Crippen LogP contribution in [0.1, 0.15) is 22.3 Å². The summed E-state index contributed by atoms with van der Waals surface area (Å²) in [6.45, 7) is 0. The highest BCUT2D eigenvalue weighted by Gasteiger charge is 2.46. The second-order valence-corrected chi connectivity index (χ2v) is 19.1. The normalized spacial score (nSPS) is 12.6. The van der Waals surface area contributed by atoms with Gasteiger partial charge < -0.3 is 4.90 Å². The molecule has 13 aromatic rings. The van der Waals surface area contributed by atoms with Crippen LogP contribution in [-0.2, 0) is 5.41 Å². The Bertz CT molecular complexity index is 4140. The van der Waals surface area contributed by atoms with Gasteiger partial charge in [0.1, 0.15) is 0 Å². The monoisotopic (exact) mass is 913 g/mol. The topological polar surface area (TPSA) is 3.24 Å². The third-order valence-electron chi connectivity index (χ3n) is 15.3. The average Bonchev–Trinajstić information content (AvgIpc) is 3.76. The summed E-state index contributed by atoms with van der Waals surface area (Å²) in [4.78, 5) is 2.48. The van der Waals surface area contributed by atoms with Gasteiger partial charge in [-0.05, 0) is 146 Å². The molecule has 72 heavy (non-hydrogen) atoms. The number of fused-ring (bicyclic) bond motifs is 9. The quantitative estimate of drug-likeness (QED) is 0.137. The first-order valence-corrected chi connectivity index (χ1v) is 25.0. The molecule has 0 amide bonds. The second-order valence-electron chi connectivity index (χ2n) is 19.1. The minimum atomic E-state index is -0.550. The second kappa shape index (κ2) is 17.0. The Hall–Kier alpha value is -9.30. The van der Waals surface area contributed by atoms with E-state index in [1.807, 2.05) is 0 Å². The minimum absolute atomic E-state index is 0.550. The van der Waals surface area contributed by atoms with E-state index in [9.17, 15) is 0 Å². The summed E-state index contributed by atoms with van der Waals surface area (Å²) in [7, 11) is 0. The van der Waals surface area contributed by atoms with Crippen molar-refractivity contribution >= 4 is 60.2 Å². The summed E-state index contributed by atoms with van der Waals surface area (Å²) in [5, 5.41) is 9.96. The average molecular weight is 914 g/mol. The third kappa shape index (κ3) is 6.48. The SMILES string of the molecule is c1ccc(-c2c(-c3ccccc3)c3cc(N(c4ccc(-c5cccc6c5ccc5ccccc56)cc4)c4ccc5c(c4)C(c4ccccc4)(c4ccccc4)c4ccccc4-5)ccc3c3ccccc23)cc1. The van der Waals surface area contributed by atoms with Gasteiger partial charge >= 0.3 is 0 Å². The molecule has 1 nitrogen and oxygen atoms in total. The predicted molar refractivity (Wildman–Crippen MR) is 305 cm³/mol. The van der Waals surface area contributed by atoms with Crippen molar-refractivity contribution in [3.8, 4) is 44.5 Å². The van der Waals surface area contributed by atoms with Gasteiger partial charge in [0, 0.05) is 17.1 Å². The summed E-state index contributed by atoms with van der Waals surface area (Å²) in [5.41, 5.74) is 17.5. The predicted octanol–water partition coefficient (Wildman–Crippen LogP) is 19.1. The molecule has 0 aromatic heterocycles. The Morgan fingerprint density at radius 2 is 0.708 bits per heavy atom. The minimum Gasteiger partial charge on any atom is -0.310 e. The Labute approximate surface area is 420 Å². The van der Waals surface area contributed by atoms with Gasteiger partial charge in [0.2, 0.25) is 0 Å². The largest absolute Gasteiger partial charge is 0.310 e. The van der Waals surface area contributed by atoms with Gasteiger partial charge in [-0.25, -0.2) is 0 Å². The van der Waals surface area contributed by atoms with Crippen LogP contribution in [0.5, 0.6) is 0 Å². The van der Waals surface area contributed by atoms with Crippen molar-refractivity contribution in [2.45, 2.75) is 5.41 Å². The molecule has 336 valence electrons. The van der Waals surface area contributed by atoms with Crippen LogP contribution in [0.4, 0.5) is 17.1 Å². The maximum absolute atomic E-state index is 2.48. The van der Waals surface area contributed by atoms with Crippen molar-refractivity contribution in [3.63, 3.8) is 0 Å². The Balaban J connectivity index is 1.04. The molecule has 0 fully saturated rings. The summed E-state index contributed by atoms with van der Waals surface area (Å²) in [6.07, 6.45) is 0. The lowest BCUT2D eigenvalue weighted by Gasteiger charge is -2.35. The first kappa shape index (κ1) is 41.7. The molecule has 1 aliphatic carbocycles. The molecule has 0 radical (unpaired) electrons. The fourth-order valence-corrected chi connectivity index (χ4v) is 12.2. The number of benzene rings is 13. The van der Waals surface area contributed by atoms with E-state index in [0.717, 1.165) is 17.1 Å². The van der Waals surface area contributed by atoms with E-state index in [-0.39, 0.29) is 0 Å². The van der Waals surface area contributed by atoms with E-state index in [1.165, 1.54) is 110 Å². The molecule has 0 bridgehead atoms. The maximum atomic E-state index is 2.48. The van der Waals surface area contributed by atoms with Gasteiger partial charge in [0.15, 0.2) is 0 Å². The molecule has 13 aromatic carbocycles. The highest BCUT2D eigenvalue weighted by Crippen LogP contribution is 2.57. The van der Waals surface area contributed by atoms with Crippen molar-refractivity contribution in [1.82, 2.24) is 0 Å². The summed E-state index contributed by atoms with van der Waals surface area (Å²) in [5.74, 6) is 0. The zero-order valence-corrected chi connectivity index (χ0v) is 39.6. The summed E-state index contributed by atoms with van der Waals surface area (Å²) >= 11 is 0. The lowest BCUT2D eigenvalue weighted by atomic mass is 9.67. The van der Waals surface area contributed by atoms with Crippen molar-refractivity contribution in [3.05, 3.63) is 307 Å². The first-order chi connectivity index (χ1) is 35.7. The highest BCUT2D eigenvalue weighted by molar-refractivity contribution is 6.22. The van der Waals surface area contributed by atoms with Gasteiger partial charge in [-0.15, -0.1) is 0 Å². The number of anilines is 3. The summed E-state index contributed by atoms with van der Waals surface area (Å²) in [6, 6.07) is 106. The lowest BCUT2D eigenvalue weighted by molar-refractivity contribution is 0.768. The molecule has 1 aliphatic rings. The number of hydrogen-bond acceptors (Lipinski definition) is 1. The molecule has 0 saturated heterocycles. The van der Waals surface area contributed by atoms with Gasteiger partial charge in [0.05, 0.1) is 5.41 Å². The van der Waals surface area contributed by atoms with Gasteiger partial charge in [-0.2, -0.15) is 0 Å². The van der Waals surface area contributed by atoms with Crippen LogP contribution in [0, 0.1) is 0 Å². The van der Waals surface area contributed by atoms with E-state index in [0.29, 0.717) is 0 Å². The first-order valence-electron chi connectivity index (χ1n) is 25.0. The fourth-order valence-electron chi connectivity index (χ4n) is 12.2. The standard InChI is InChI=1S/C71H47N/c1-5-21-50(22-6-1)69-65-32-16-15-30-60(65)62-44-41-55(46-66(62)70(69)51-23-7-2-8-24-51)72(54-39-36-49(37-40-54)58-33-19-34-59-57-29-14-13-20-48(57)38-43-61(58)59)56-42-45-64-63-31-17-18-35-67(63)71(68(64)47-56,52-25-9-3-10-26-52)53-27-11-4-12-28-53/h1-47H. The van der Waals surface area contributed by atoms with Gasteiger partial charge in [-0.1, -0.05) is 249 Å². The number of rotatable bonds is 8. The summed E-state index contributed by atoms with van der Waals surface area (Å²) < 4.78 is 0. The molecular weight excluding hydrogens is 867 g/mol. The van der Waals surface area contributed by atoms with Crippen LogP contribution >= 0.6 is 0 Å². The van der Waals surface area contributed by atoms with Crippen LogP contribution in [0.3, 0.4) is 0 Å². The molecule has 0 unspecified atom stereocenters. The molecule has 14 rings (SSSR count). The highest BCUT2D eigenvalue weighted by atomic mass is 15.1. The van der Waals surface area contributed by atoms with Crippen molar-refractivity contribution in [2.75, 3.05) is 4.90 Å². The smallest absolute Gasteiger partial charge is 0.0714 e. The van der Waals surface area contributed by atoms with E-state index < -0.39 is 5.41 Å². The van der Waals surface area contributed by atoms with Gasteiger partial charge in [0.25, 0.3) is 0 Å². The Morgan fingerprint density at radius 3 is 1.42 bits per heavy atom. The van der Waals surface area contributed by atoms with Crippen LogP contribution in [-0.4, -0.2) is 0 Å². The van der Waals surface area contributed by atoms with Crippen molar-refractivity contribution in [2.24, 2.45) is 0 Å². The zero-order chi connectivity index (χ0) is 47.6. The molecular formula is C71H47N. The maximum Gasteiger partial charge on any atom is 0.0714 e. The van der Waals surface area contributed by atoms with Crippen molar-refractivity contribution in [1.29, 1.82) is 0 Å². The van der Waals surface area contributed by atoms with E-state index in [2.05, 4.69) is 290 Å². The molecule has 1 heteroatoms. The van der Waals surface area contributed by atoms with E-state index in [4.69, 9.17) is 0 Å². The molecule has 0 N–H and O–H groups in total. The van der Waals surface area contributed by atoms with Crippen LogP contribution in [0.25, 0.3) is 87.6 Å². The van der Waals surface area contributed by atoms with Crippen LogP contribution in [0.2, 0.25) is 0 Å². The Morgan fingerprint density at radius 1 is 0.236 bits per heavy atom. The third-order valence-corrected chi connectivity index (χ3v) is 15.3. The van der Waals surface area contributed by atoms with Gasteiger partial charge in [-0.3, -0.25) is 0 Å². The molecule has 0 heterocycles.